The van der Waals surface area contributed by atoms with Gasteiger partial charge >= 0.3 is 6.03 Å². The molecule has 0 saturated heterocycles. The number of aryl methyl sites for hydroxylation is 3. The molecule has 0 atom stereocenters. The van der Waals surface area contributed by atoms with Gasteiger partial charge in [-0.15, -0.1) is 0 Å². The first-order valence-corrected chi connectivity index (χ1v) is 9.33. The monoisotopic (exact) mass is 388 g/mol. The number of ether oxygens (including phenoxy) is 1. The van der Waals surface area contributed by atoms with E-state index in [1.165, 1.54) is 4.90 Å². The summed E-state index contributed by atoms with van der Waals surface area (Å²) in [7, 11) is 0. The molecular weight excluding hydrogens is 360 g/mol. The lowest BCUT2D eigenvalue weighted by Gasteiger charge is -2.22. The Labute approximate surface area is 165 Å². The molecule has 1 aromatic carbocycles. The molecule has 3 amide bonds. The van der Waals surface area contributed by atoms with Gasteiger partial charge in [-0.25, -0.2) is 4.79 Å². The van der Waals surface area contributed by atoms with Crippen LogP contribution in [0.25, 0.3) is 0 Å². The molecule has 0 bridgehead atoms. The second kappa shape index (κ2) is 10.5. The summed E-state index contributed by atoms with van der Waals surface area (Å²) in [5.74, 6) is 0.572. The molecule has 2 aromatic rings. The molecule has 0 aliphatic carbocycles. The SMILES string of the molecule is CCOCCCN(CC(=O)Nc1cc(C)on1)C(=O)Nc1ccc(C)c(C)c1. The summed E-state index contributed by atoms with van der Waals surface area (Å²) in [4.78, 5) is 26.5. The minimum Gasteiger partial charge on any atom is -0.382 e. The van der Waals surface area contributed by atoms with Gasteiger partial charge in [0.05, 0.1) is 0 Å². The normalized spacial score (nSPS) is 10.6. The van der Waals surface area contributed by atoms with Crippen molar-refractivity contribution in [2.24, 2.45) is 0 Å². The molecule has 152 valence electrons. The maximum Gasteiger partial charge on any atom is 0.322 e. The highest BCUT2D eigenvalue weighted by Gasteiger charge is 2.18. The predicted octanol–water partition coefficient (Wildman–Crippen LogP) is 3.50. The van der Waals surface area contributed by atoms with Crippen LogP contribution in [0.2, 0.25) is 0 Å². The van der Waals surface area contributed by atoms with Gasteiger partial charge in [0, 0.05) is 31.5 Å². The van der Waals surface area contributed by atoms with Crippen molar-refractivity contribution in [1.82, 2.24) is 10.1 Å². The molecular formula is C20H28N4O4. The quantitative estimate of drug-likeness (QED) is 0.641. The van der Waals surface area contributed by atoms with E-state index in [0.717, 1.165) is 11.1 Å². The first kappa shape index (κ1) is 21.4. The van der Waals surface area contributed by atoms with Crippen molar-refractivity contribution in [2.75, 3.05) is 36.9 Å². The lowest BCUT2D eigenvalue weighted by molar-refractivity contribution is -0.116. The largest absolute Gasteiger partial charge is 0.382 e. The number of amides is 3. The minimum absolute atomic E-state index is 0.102. The van der Waals surface area contributed by atoms with Crippen LogP contribution in [0.5, 0.6) is 0 Å². The second-order valence-electron chi connectivity index (χ2n) is 6.57. The number of nitrogens with zero attached hydrogens (tertiary/aromatic N) is 2. The molecule has 0 fully saturated rings. The first-order chi connectivity index (χ1) is 13.4. The molecule has 8 heteroatoms. The Morgan fingerprint density at radius 2 is 1.93 bits per heavy atom. The molecule has 28 heavy (non-hydrogen) atoms. The van der Waals surface area contributed by atoms with Gasteiger partial charge in [0.15, 0.2) is 5.82 Å². The van der Waals surface area contributed by atoms with Crippen LogP contribution in [0.1, 0.15) is 30.2 Å². The van der Waals surface area contributed by atoms with Crippen LogP contribution in [0.15, 0.2) is 28.8 Å². The number of aromatic nitrogens is 1. The third-order valence-electron chi connectivity index (χ3n) is 4.20. The van der Waals surface area contributed by atoms with Crippen LogP contribution in [-0.4, -0.2) is 48.3 Å². The van der Waals surface area contributed by atoms with Crippen LogP contribution in [-0.2, 0) is 9.53 Å². The van der Waals surface area contributed by atoms with E-state index in [2.05, 4.69) is 15.8 Å². The Kier molecular flexibility index (Phi) is 8.01. The van der Waals surface area contributed by atoms with Crippen LogP contribution in [0.3, 0.4) is 0 Å². The Morgan fingerprint density at radius 3 is 2.57 bits per heavy atom. The van der Waals surface area contributed by atoms with Crippen molar-refractivity contribution in [3.05, 3.63) is 41.2 Å². The van der Waals surface area contributed by atoms with Crippen molar-refractivity contribution < 1.29 is 18.8 Å². The molecule has 0 spiro atoms. The average Bonchev–Trinajstić information content (AvgIpc) is 3.05. The summed E-state index contributed by atoms with van der Waals surface area (Å²) in [6, 6.07) is 6.98. The van der Waals surface area contributed by atoms with Crippen molar-refractivity contribution in [2.45, 2.75) is 34.1 Å². The molecule has 1 aromatic heterocycles. The van der Waals surface area contributed by atoms with Gasteiger partial charge < -0.3 is 24.8 Å². The van der Waals surface area contributed by atoms with E-state index < -0.39 is 0 Å². The summed E-state index contributed by atoms with van der Waals surface area (Å²) in [5, 5.41) is 9.22. The molecule has 0 aliphatic heterocycles. The van der Waals surface area contributed by atoms with Gasteiger partial charge in [-0.2, -0.15) is 0 Å². The average molecular weight is 388 g/mol. The number of carbonyl (C=O) groups excluding carboxylic acids is 2. The third-order valence-corrected chi connectivity index (χ3v) is 4.20. The molecule has 2 rings (SSSR count). The zero-order valence-corrected chi connectivity index (χ0v) is 16.9. The fraction of sp³-hybridized carbons (Fsp3) is 0.450. The second-order valence-corrected chi connectivity index (χ2v) is 6.57. The number of carbonyl (C=O) groups is 2. The maximum atomic E-state index is 12.7. The zero-order chi connectivity index (χ0) is 20.5. The van der Waals surface area contributed by atoms with E-state index >= 15 is 0 Å². The number of urea groups is 1. The van der Waals surface area contributed by atoms with Crippen LogP contribution in [0, 0.1) is 20.8 Å². The summed E-state index contributed by atoms with van der Waals surface area (Å²) >= 11 is 0. The van der Waals surface area contributed by atoms with Crippen LogP contribution < -0.4 is 10.6 Å². The fourth-order valence-electron chi connectivity index (χ4n) is 2.56. The Balaban J connectivity index is 2.00. The molecule has 2 N–H and O–H groups in total. The first-order valence-electron chi connectivity index (χ1n) is 9.33. The number of hydrogen-bond donors (Lipinski definition) is 2. The standard InChI is InChI=1S/C20H28N4O4/c1-5-27-10-6-9-24(13-19(25)22-18-12-16(4)28-23-18)20(26)21-17-8-7-14(2)15(3)11-17/h7-8,11-12H,5-6,9-10,13H2,1-4H3,(H,21,26)(H,22,23,25). The summed E-state index contributed by atoms with van der Waals surface area (Å²) in [6.45, 7) is 9.07. The van der Waals surface area contributed by atoms with Gasteiger partial charge in [0.1, 0.15) is 12.3 Å². The number of nitrogens with one attached hydrogen (secondary N) is 2. The Hall–Kier alpha value is -2.87. The van der Waals surface area contributed by atoms with Gasteiger partial charge in [-0.1, -0.05) is 11.2 Å². The van der Waals surface area contributed by atoms with Crippen molar-refractivity contribution >= 4 is 23.4 Å². The number of benzene rings is 1. The third kappa shape index (κ3) is 6.70. The number of anilines is 2. The van der Waals surface area contributed by atoms with E-state index in [4.69, 9.17) is 9.26 Å². The van der Waals surface area contributed by atoms with Crippen molar-refractivity contribution in [1.29, 1.82) is 0 Å². The highest BCUT2D eigenvalue weighted by atomic mass is 16.5. The van der Waals surface area contributed by atoms with Crippen LogP contribution >= 0.6 is 0 Å². The maximum absolute atomic E-state index is 12.7. The van der Waals surface area contributed by atoms with E-state index in [-0.39, 0.29) is 18.5 Å². The van der Waals surface area contributed by atoms with Crippen LogP contribution in [0.4, 0.5) is 16.3 Å². The number of rotatable bonds is 9. The van der Waals surface area contributed by atoms with Gasteiger partial charge in [0.2, 0.25) is 5.91 Å². The lowest BCUT2D eigenvalue weighted by atomic mass is 10.1. The molecule has 8 nitrogen and oxygen atoms in total. The van der Waals surface area contributed by atoms with E-state index in [0.29, 0.717) is 43.4 Å². The van der Waals surface area contributed by atoms with Gasteiger partial charge in [-0.3, -0.25) is 4.79 Å². The lowest BCUT2D eigenvalue weighted by Crippen LogP contribution is -2.41. The van der Waals surface area contributed by atoms with E-state index in [1.54, 1.807) is 13.0 Å². The fourth-order valence-corrected chi connectivity index (χ4v) is 2.56. The molecule has 0 aliphatic rings. The highest BCUT2D eigenvalue weighted by Crippen LogP contribution is 2.15. The topological polar surface area (TPSA) is 96.7 Å². The summed E-state index contributed by atoms with van der Waals surface area (Å²) in [5.41, 5.74) is 2.92. The Bertz CT molecular complexity index is 803. The summed E-state index contributed by atoms with van der Waals surface area (Å²) < 4.78 is 10.3. The van der Waals surface area contributed by atoms with Gasteiger partial charge in [-0.05, 0) is 57.4 Å². The zero-order valence-electron chi connectivity index (χ0n) is 16.9. The predicted molar refractivity (Wildman–Crippen MR) is 107 cm³/mol. The molecule has 0 radical (unpaired) electrons. The molecule has 0 unspecified atom stereocenters. The van der Waals surface area contributed by atoms with E-state index in [9.17, 15) is 9.59 Å². The van der Waals surface area contributed by atoms with Crippen molar-refractivity contribution in [3.63, 3.8) is 0 Å². The minimum atomic E-state index is -0.347. The smallest absolute Gasteiger partial charge is 0.322 e. The molecule has 1 heterocycles. The Morgan fingerprint density at radius 1 is 1.14 bits per heavy atom. The van der Waals surface area contributed by atoms with Gasteiger partial charge in [0.25, 0.3) is 0 Å². The van der Waals surface area contributed by atoms with Crippen molar-refractivity contribution in [3.8, 4) is 0 Å². The van der Waals surface area contributed by atoms with E-state index in [1.807, 2.05) is 39.0 Å². The number of hydrogen-bond acceptors (Lipinski definition) is 5. The highest BCUT2D eigenvalue weighted by molar-refractivity contribution is 5.96. The summed E-state index contributed by atoms with van der Waals surface area (Å²) in [6.07, 6.45) is 0.629. The molecule has 0 saturated carbocycles.